The van der Waals surface area contributed by atoms with Crippen LogP contribution in [-0.2, 0) is 4.79 Å². The second kappa shape index (κ2) is 7.77. The number of nitrogens with one attached hydrogen (secondary N) is 1. The number of aryl methyl sites for hydroxylation is 1. The van der Waals surface area contributed by atoms with E-state index in [0.717, 1.165) is 15.8 Å². The Morgan fingerprint density at radius 3 is 2.84 bits per heavy atom. The Kier molecular flexibility index (Phi) is 6.68. The minimum absolute atomic E-state index is 0.183. The molecule has 19 heavy (non-hydrogen) atoms. The molecule has 1 aromatic carbocycles. The van der Waals surface area contributed by atoms with Crippen molar-refractivity contribution in [2.75, 3.05) is 24.4 Å². The summed E-state index contributed by atoms with van der Waals surface area (Å²) in [6.45, 7) is 1.91. The molecule has 0 aliphatic rings. The van der Waals surface area contributed by atoms with Crippen LogP contribution in [0, 0.1) is 6.92 Å². The van der Waals surface area contributed by atoms with Gasteiger partial charge in [0.25, 0.3) is 0 Å². The van der Waals surface area contributed by atoms with Gasteiger partial charge in [-0.2, -0.15) is 11.8 Å². The molecule has 0 aliphatic carbocycles. The van der Waals surface area contributed by atoms with Gasteiger partial charge in [-0.05, 0) is 43.0 Å². The van der Waals surface area contributed by atoms with Crippen LogP contribution in [0.5, 0.6) is 5.75 Å². The zero-order valence-electron chi connectivity index (χ0n) is 11.3. The third kappa shape index (κ3) is 4.71. The third-order valence-corrected chi connectivity index (χ3v) is 3.80. The fraction of sp³-hybridized carbons (Fsp3) is 0.462. The number of anilines is 1. The first-order valence-electron chi connectivity index (χ1n) is 5.89. The van der Waals surface area contributed by atoms with E-state index in [1.807, 2.05) is 25.3 Å². The van der Waals surface area contributed by atoms with E-state index in [4.69, 9.17) is 10.5 Å². The second-order valence-electron chi connectivity index (χ2n) is 4.18. The van der Waals surface area contributed by atoms with Crippen LogP contribution in [0.3, 0.4) is 0 Å². The van der Waals surface area contributed by atoms with Crippen molar-refractivity contribution in [1.82, 2.24) is 0 Å². The topological polar surface area (TPSA) is 64.3 Å². The maximum Gasteiger partial charge on any atom is 0.241 e. The standard InChI is InChI=1S/C13H19BrN2O2S/c1-8-6-9(14)7-11(18-2)12(8)16-13(17)10(15)4-5-19-3/h6-7,10H,4-5,15H2,1-3H3,(H,16,17)/t10-/m1/s1. The Balaban J connectivity index is 2.84. The molecule has 0 saturated heterocycles. The van der Waals surface area contributed by atoms with Crippen molar-refractivity contribution in [3.63, 3.8) is 0 Å². The molecule has 1 aromatic rings. The van der Waals surface area contributed by atoms with Gasteiger partial charge < -0.3 is 15.8 Å². The lowest BCUT2D eigenvalue weighted by Crippen LogP contribution is -2.36. The number of benzene rings is 1. The van der Waals surface area contributed by atoms with Crippen LogP contribution in [0.15, 0.2) is 16.6 Å². The summed E-state index contributed by atoms with van der Waals surface area (Å²) in [7, 11) is 1.57. The summed E-state index contributed by atoms with van der Waals surface area (Å²) < 4.78 is 6.19. The number of hydrogen-bond donors (Lipinski definition) is 2. The minimum atomic E-state index is -0.500. The van der Waals surface area contributed by atoms with Gasteiger partial charge in [-0.25, -0.2) is 0 Å². The highest BCUT2D eigenvalue weighted by atomic mass is 79.9. The Hall–Kier alpha value is -0.720. The lowest BCUT2D eigenvalue weighted by molar-refractivity contribution is -0.117. The number of carbonyl (C=O) groups excluding carboxylic acids is 1. The first-order chi connectivity index (χ1) is 8.99. The fourth-order valence-corrected chi connectivity index (χ4v) is 2.67. The normalized spacial score (nSPS) is 12.1. The smallest absolute Gasteiger partial charge is 0.241 e. The fourth-order valence-electron chi connectivity index (χ4n) is 1.63. The van der Waals surface area contributed by atoms with Crippen LogP contribution in [0.1, 0.15) is 12.0 Å². The van der Waals surface area contributed by atoms with Crippen LogP contribution >= 0.6 is 27.7 Å². The average Bonchev–Trinajstić information content (AvgIpc) is 2.38. The Labute approximate surface area is 126 Å². The van der Waals surface area contributed by atoms with E-state index in [-0.39, 0.29) is 5.91 Å². The minimum Gasteiger partial charge on any atom is -0.495 e. The van der Waals surface area contributed by atoms with Gasteiger partial charge in [0.05, 0.1) is 18.8 Å². The van der Waals surface area contributed by atoms with Crippen LogP contribution in [0.25, 0.3) is 0 Å². The van der Waals surface area contributed by atoms with Crippen molar-refractivity contribution >= 4 is 39.3 Å². The summed E-state index contributed by atoms with van der Waals surface area (Å²) in [5.41, 5.74) is 7.45. The predicted molar refractivity (Wildman–Crippen MR) is 85.0 cm³/mol. The molecule has 0 radical (unpaired) electrons. The lowest BCUT2D eigenvalue weighted by atomic mass is 10.1. The summed E-state index contributed by atoms with van der Waals surface area (Å²) in [5.74, 6) is 1.31. The van der Waals surface area contributed by atoms with E-state index >= 15 is 0 Å². The molecule has 1 amide bonds. The van der Waals surface area contributed by atoms with Gasteiger partial charge in [-0.15, -0.1) is 0 Å². The Morgan fingerprint density at radius 2 is 2.26 bits per heavy atom. The van der Waals surface area contributed by atoms with Gasteiger partial charge in [0, 0.05) is 4.47 Å². The van der Waals surface area contributed by atoms with E-state index in [9.17, 15) is 4.79 Å². The van der Waals surface area contributed by atoms with Crippen LogP contribution in [0.2, 0.25) is 0 Å². The van der Waals surface area contributed by atoms with Gasteiger partial charge in [0.2, 0.25) is 5.91 Å². The highest BCUT2D eigenvalue weighted by Crippen LogP contribution is 2.32. The predicted octanol–water partition coefficient (Wildman–Crippen LogP) is 2.79. The quantitative estimate of drug-likeness (QED) is 0.831. The SMILES string of the molecule is COc1cc(Br)cc(C)c1NC(=O)[C@H](N)CCSC. The number of methoxy groups -OCH3 is 1. The summed E-state index contributed by atoms with van der Waals surface area (Å²) >= 11 is 5.07. The summed E-state index contributed by atoms with van der Waals surface area (Å²) in [5, 5.41) is 2.85. The number of amides is 1. The van der Waals surface area contributed by atoms with Crippen LogP contribution in [0.4, 0.5) is 5.69 Å². The number of nitrogens with two attached hydrogens (primary N) is 1. The molecule has 4 nitrogen and oxygen atoms in total. The van der Waals surface area contributed by atoms with E-state index < -0.39 is 6.04 Å². The molecule has 6 heteroatoms. The van der Waals surface area contributed by atoms with Gasteiger partial charge in [0.15, 0.2) is 0 Å². The zero-order valence-corrected chi connectivity index (χ0v) is 13.7. The first-order valence-corrected chi connectivity index (χ1v) is 8.07. The zero-order chi connectivity index (χ0) is 14.4. The molecule has 0 bridgehead atoms. The van der Waals surface area contributed by atoms with Gasteiger partial charge >= 0.3 is 0 Å². The van der Waals surface area contributed by atoms with Crippen molar-refractivity contribution in [1.29, 1.82) is 0 Å². The molecule has 0 spiro atoms. The third-order valence-electron chi connectivity index (χ3n) is 2.70. The van der Waals surface area contributed by atoms with Gasteiger partial charge in [0.1, 0.15) is 5.75 Å². The molecular weight excluding hydrogens is 328 g/mol. The number of carbonyl (C=O) groups is 1. The van der Waals surface area contributed by atoms with Crippen molar-refractivity contribution < 1.29 is 9.53 Å². The van der Waals surface area contributed by atoms with E-state index in [1.165, 1.54) is 0 Å². The number of halogens is 1. The molecule has 0 aliphatic heterocycles. The molecule has 3 N–H and O–H groups in total. The van der Waals surface area contributed by atoms with Crippen molar-refractivity contribution in [2.45, 2.75) is 19.4 Å². The summed E-state index contributed by atoms with van der Waals surface area (Å²) in [6, 6.07) is 3.24. The number of ether oxygens (including phenoxy) is 1. The molecule has 0 aromatic heterocycles. The Bertz CT molecular complexity index is 455. The number of rotatable bonds is 6. The molecule has 1 rings (SSSR count). The van der Waals surface area contributed by atoms with Crippen molar-refractivity contribution in [3.8, 4) is 5.75 Å². The van der Waals surface area contributed by atoms with E-state index in [0.29, 0.717) is 17.9 Å². The maximum absolute atomic E-state index is 12.0. The van der Waals surface area contributed by atoms with Crippen LogP contribution < -0.4 is 15.8 Å². The van der Waals surface area contributed by atoms with Crippen LogP contribution in [-0.4, -0.2) is 31.1 Å². The maximum atomic E-state index is 12.0. The van der Waals surface area contributed by atoms with E-state index in [1.54, 1.807) is 18.9 Å². The molecule has 0 unspecified atom stereocenters. The highest BCUT2D eigenvalue weighted by Gasteiger charge is 2.17. The Morgan fingerprint density at radius 1 is 1.58 bits per heavy atom. The van der Waals surface area contributed by atoms with Gasteiger partial charge in [-0.3, -0.25) is 4.79 Å². The molecule has 0 saturated carbocycles. The number of thioether (sulfide) groups is 1. The lowest BCUT2D eigenvalue weighted by Gasteiger charge is -2.16. The molecule has 1 atom stereocenters. The van der Waals surface area contributed by atoms with E-state index in [2.05, 4.69) is 21.2 Å². The van der Waals surface area contributed by atoms with Crippen molar-refractivity contribution in [2.24, 2.45) is 5.73 Å². The second-order valence-corrected chi connectivity index (χ2v) is 6.08. The molecule has 0 heterocycles. The summed E-state index contributed by atoms with van der Waals surface area (Å²) in [4.78, 5) is 12.0. The van der Waals surface area contributed by atoms with Crippen molar-refractivity contribution in [3.05, 3.63) is 22.2 Å². The largest absolute Gasteiger partial charge is 0.495 e. The molecule has 0 fully saturated rings. The molecule has 106 valence electrons. The highest BCUT2D eigenvalue weighted by molar-refractivity contribution is 9.10. The number of hydrogen-bond acceptors (Lipinski definition) is 4. The molecular formula is C13H19BrN2O2S. The average molecular weight is 347 g/mol. The monoisotopic (exact) mass is 346 g/mol. The van der Waals surface area contributed by atoms with Gasteiger partial charge in [-0.1, -0.05) is 15.9 Å². The summed E-state index contributed by atoms with van der Waals surface area (Å²) in [6.07, 6.45) is 2.65. The first kappa shape index (κ1) is 16.3.